The Morgan fingerprint density at radius 1 is 0.483 bits per heavy atom. The van der Waals surface area contributed by atoms with E-state index in [1.54, 1.807) is 0 Å². The second kappa shape index (κ2) is 43.7. The van der Waals surface area contributed by atoms with E-state index >= 15 is 0 Å². The number of esters is 2. The van der Waals surface area contributed by atoms with E-state index in [2.05, 4.69) is 26.0 Å². The summed E-state index contributed by atoms with van der Waals surface area (Å²) < 4.78 is 22.6. The van der Waals surface area contributed by atoms with E-state index in [4.69, 9.17) is 18.9 Å². The fourth-order valence-corrected chi connectivity index (χ4v) is 7.30. The third kappa shape index (κ3) is 44.1. The van der Waals surface area contributed by atoms with E-state index in [0.717, 1.165) is 51.4 Å². The molecule has 60 heavy (non-hydrogen) atoms. The van der Waals surface area contributed by atoms with Gasteiger partial charge in [0.05, 0.1) is 40.3 Å². The first kappa shape index (κ1) is 58.0. The summed E-state index contributed by atoms with van der Waals surface area (Å²) in [6.45, 7) is 4.76. The van der Waals surface area contributed by atoms with Crippen LogP contribution >= 0.6 is 0 Å². The summed E-state index contributed by atoms with van der Waals surface area (Å²) in [5.41, 5.74) is 0. The number of quaternary nitrogens is 1. The van der Waals surface area contributed by atoms with Crippen molar-refractivity contribution in [2.75, 3.05) is 47.5 Å². The first-order valence-electron chi connectivity index (χ1n) is 25.3. The number of carboxylic acids is 1. The smallest absolute Gasteiger partial charge is 0.306 e. The molecule has 9 nitrogen and oxygen atoms in total. The van der Waals surface area contributed by atoms with E-state index in [-0.39, 0.29) is 32.2 Å². The molecule has 0 saturated carbocycles. The van der Waals surface area contributed by atoms with E-state index in [9.17, 15) is 19.5 Å². The number of rotatable bonds is 47. The molecular formula is C51H97NO8. The Kier molecular flexibility index (Phi) is 42.2. The Hall–Kier alpha value is -1.97. The van der Waals surface area contributed by atoms with Gasteiger partial charge in [0.15, 0.2) is 12.4 Å². The number of carboxylic acid groups (broad SMARTS) is 1. The van der Waals surface area contributed by atoms with Gasteiger partial charge in [-0.1, -0.05) is 199 Å². The van der Waals surface area contributed by atoms with Crippen molar-refractivity contribution in [3.8, 4) is 0 Å². The van der Waals surface area contributed by atoms with Gasteiger partial charge in [0, 0.05) is 12.8 Å². The molecule has 0 aromatic carbocycles. The molecule has 0 amide bonds. The molecule has 0 aromatic heterocycles. The predicted octanol–water partition coefficient (Wildman–Crippen LogP) is 12.5. The first-order chi connectivity index (χ1) is 29.1. The van der Waals surface area contributed by atoms with Crippen molar-refractivity contribution >= 4 is 17.9 Å². The van der Waals surface area contributed by atoms with Gasteiger partial charge in [-0.15, -0.1) is 0 Å². The van der Waals surface area contributed by atoms with Crippen molar-refractivity contribution in [1.29, 1.82) is 0 Å². The van der Waals surface area contributed by atoms with Crippen LogP contribution in [0.15, 0.2) is 12.2 Å². The van der Waals surface area contributed by atoms with Gasteiger partial charge in [0.2, 0.25) is 0 Å². The maximum atomic E-state index is 12.8. The molecule has 0 rings (SSSR count). The Morgan fingerprint density at radius 3 is 1.23 bits per heavy atom. The molecule has 0 saturated heterocycles. The molecule has 0 spiro atoms. The molecular weight excluding hydrogens is 755 g/mol. The Bertz CT molecular complexity index is 996. The molecule has 9 heteroatoms. The van der Waals surface area contributed by atoms with Gasteiger partial charge in [-0.25, -0.2) is 0 Å². The van der Waals surface area contributed by atoms with Crippen LogP contribution in [0.1, 0.15) is 239 Å². The van der Waals surface area contributed by atoms with Gasteiger partial charge in [-0.2, -0.15) is 0 Å². The van der Waals surface area contributed by atoms with Crippen LogP contribution in [-0.4, -0.2) is 82.3 Å². The van der Waals surface area contributed by atoms with E-state index < -0.39 is 24.3 Å². The summed E-state index contributed by atoms with van der Waals surface area (Å²) >= 11 is 0. The minimum absolute atomic E-state index is 0.149. The SMILES string of the molecule is CCCCCCCC/C=C\CCCCCCCC(=O)OC(COC(=O)CCCCCCCCCCCCCCCCCCCCCC)COC(OCC[N+](C)(C)C)C(=O)[O-]. The zero-order valence-corrected chi connectivity index (χ0v) is 40.1. The van der Waals surface area contributed by atoms with Crippen LogP contribution in [0.25, 0.3) is 0 Å². The lowest BCUT2D eigenvalue weighted by Gasteiger charge is -2.26. The topological polar surface area (TPSA) is 111 Å². The second-order valence-corrected chi connectivity index (χ2v) is 18.5. The molecule has 0 aliphatic rings. The second-order valence-electron chi connectivity index (χ2n) is 18.5. The summed E-state index contributed by atoms with van der Waals surface area (Å²) in [4.78, 5) is 37.1. The Labute approximate surface area is 370 Å². The molecule has 0 aliphatic carbocycles. The Balaban J connectivity index is 4.30. The highest BCUT2D eigenvalue weighted by molar-refractivity contribution is 5.70. The monoisotopic (exact) mass is 852 g/mol. The van der Waals surface area contributed by atoms with Gasteiger partial charge in [0.1, 0.15) is 13.2 Å². The zero-order chi connectivity index (χ0) is 44.2. The number of hydrogen-bond acceptors (Lipinski definition) is 8. The lowest BCUT2D eigenvalue weighted by Crippen LogP contribution is -2.44. The zero-order valence-electron chi connectivity index (χ0n) is 40.1. The minimum Gasteiger partial charge on any atom is -0.545 e. The van der Waals surface area contributed by atoms with Crippen LogP contribution in [-0.2, 0) is 33.3 Å². The number of carbonyl (C=O) groups is 3. The van der Waals surface area contributed by atoms with Gasteiger partial charge < -0.3 is 33.3 Å². The van der Waals surface area contributed by atoms with Crippen LogP contribution < -0.4 is 5.11 Å². The van der Waals surface area contributed by atoms with Crippen molar-refractivity contribution in [1.82, 2.24) is 0 Å². The fourth-order valence-electron chi connectivity index (χ4n) is 7.30. The van der Waals surface area contributed by atoms with Gasteiger partial charge >= 0.3 is 11.9 Å². The molecule has 0 aliphatic heterocycles. The first-order valence-corrected chi connectivity index (χ1v) is 25.3. The average molecular weight is 852 g/mol. The van der Waals surface area contributed by atoms with Crippen LogP contribution in [0.2, 0.25) is 0 Å². The van der Waals surface area contributed by atoms with Crippen LogP contribution in [0.4, 0.5) is 0 Å². The fraction of sp³-hybridized carbons (Fsp3) is 0.902. The minimum atomic E-state index is -1.62. The van der Waals surface area contributed by atoms with Crippen molar-refractivity contribution in [3.63, 3.8) is 0 Å². The highest BCUT2D eigenvalue weighted by atomic mass is 16.7. The maximum absolute atomic E-state index is 12.8. The number of aliphatic carboxylic acids is 1. The van der Waals surface area contributed by atoms with Crippen LogP contribution in [0.3, 0.4) is 0 Å². The number of carbonyl (C=O) groups excluding carboxylic acids is 3. The molecule has 2 unspecified atom stereocenters. The van der Waals surface area contributed by atoms with Crippen molar-refractivity contribution in [2.24, 2.45) is 0 Å². The van der Waals surface area contributed by atoms with E-state index in [0.29, 0.717) is 23.9 Å². The van der Waals surface area contributed by atoms with Crippen molar-refractivity contribution in [2.45, 2.75) is 251 Å². The van der Waals surface area contributed by atoms with E-state index in [1.165, 1.54) is 154 Å². The number of likely N-dealkylation sites (N-methyl/N-ethyl adjacent to an activating group) is 1. The lowest BCUT2D eigenvalue weighted by molar-refractivity contribution is -0.870. The number of unbranched alkanes of at least 4 members (excludes halogenated alkanes) is 30. The average Bonchev–Trinajstić information content (AvgIpc) is 3.21. The largest absolute Gasteiger partial charge is 0.545 e. The standard InChI is InChI=1S/C51H97NO8/c1-6-8-10-12-14-16-18-20-22-23-24-25-26-28-29-31-33-35-37-39-41-48(53)58-45-47(46-59-51(50(55)56)57-44-43-52(3,4)5)60-49(54)42-40-38-36-34-32-30-27-21-19-17-15-13-11-9-7-2/h21,27,47,51H,6-20,22-26,28-46H2,1-5H3/b27-21-. The predicted molar refractivity (Wildman–Crippen MR) is 247 cm³/mol. The third-order valence-corrected chi connectivity index (χ3v) is 11.3. The molecule has 0 heterocycles. The van der Waals surface area contributed by atoms with E-state index in [1.807, 2.05) is 21.1 Å². The highest BCUT2D eigenvalue weighted by Crippen LogP contribution is 2.16. The molecule has 0 aromatic rings. The van der Waals surface area contributed by atoms with Gasteiger partial charge in [-0.05, 0) is 38.5 Å². The molecule has 2 atom stereocenters. The third-order valence-electron chi connectivity index (χ3n) is 11.3. The number of ether oxygens (including phenoxy) is 4. The quantitative estimate of drug-likeness (QED) is 0.0196. The molecule has 0 radical (unpaired) electrons. The normalized spacial score (nSPS) is 12.9. The van der Waals surface area contributed by atoms with Crippen molar-refractivity contribution < 1.29 is 42.9 Å². The van der Waals surface area contributed by atoms with Gasteiger partial charge in [0.25, 0.3) is 0 Å². The van der Waals surface area contributed by atoms with Gasteiger partial charge in [-0.3, -0.25) is 9.59 Å². The summed E-state index contributed by atoms with van der Waals surface area (Å²) in [5.74, 6) is -2.28. The van der Waals surface area contributed by atoms with Crippen LogP contribution in [0, 0.1) is 0 Å². The number of nitrogens with zero attached hydrogens (tertiary/aromatic N) is 1. The number of allylic oxidation sites excluding steroid dienone is 2. The number of hydrogen-bond donors (Lipinski definition) is 0. The van der Waals surface area contributed by atoms with Crippen LogP contribution in [0.5, 0.6) is 0 Å². The molecule has 0 fully saturated rings. The lowest BCUT2D eigenvalue weighted by atomic mass is 10.0. The Morgan fingerprint density at radius 2 is 0.850 bits per heavy atom. The summed E-state index contributed by atoms with van der Waals surface area (Å²) in [5, 5.41) is 11.7. The summed E-state index contributed by atoms with van der Waals surface area (Å²) in [7, 11) is 5.92. The summed E-state index contributed by atoms with van der Waals surface area (Å²) in [6, 6.07) is 0. The van der Waals surface area contributed by atoms with Crippen molar-refractivity contribution in [3.05, 3.63) is 12.2 Å². The maximum Gasteiger partial charge on any atom is 0.306 e. The molecule has 0 N–H and O–H groups in total. The summed E-state index contributed by atoms with van der Waals surface area (Å²) in [6.07, 6.45) is 43.9. The molecule has 354 valence electrons. The molecule has 0 bridgehead atoms. The highest BCUT2D eigenvalue weighted by Gasteiger charge is 2.22.